The first-order valence-corrected chi connectivity index (χ1v) is 15.2. The molecule has 1 aliphatic rings. The van der Waals surface area contributed by atoms with E-state index in [4.69, 9.17) is 15.5 Å². The summed E-state index contributed by atoms with van der Waals surface area (Å²) in [6.45, 7) is 9.00. The smallest absolute Gasteiger partial charge is 0.254 e. The van der Waals surface area contributed by atoms with Gasteiger partial charge in [-0.2, -0.15) is 5.10 Å². The molecule has 220 valence electrons. The Labute approximate surface area is 254 Å². The molecule has 1 fully saturated rings. The standard InChI is InChI=1S/C32H37BrN6O3/c1-4-28-27(29(36-25-11-13-42-14-12-25)26-17-35-39(5-2)31(26)37-28)19-38(18-23-16-24(33)10-9-20(23)3)32(41)22-8-6-7-21(15-22)30(34)40/h6-10,15-17,25H,4-5,11-14,18-19H2,1-3H3,(H2,34,40)(H,36,37). The van der Waals surface area contributed by atoms with Crippen LogP contribution in [0.2, 0.25) is 0 Å². The molecule has 10 heteroatoms. The molecule has 1 aliphatic heterocycles. The van der Waals surface area contributed by atoms with E-state index in [1.54, 1.807) is 24.3 Å². The lowest BCUT2D eigenvalue weighted by atomic mass is 10.0. The topological polar surface area (TPSA) is 115 Å². The molecule has 2 aromatic heterocycles. The number of amides is 2. The van der Waals surface area contributed by atoms with Crippen LogP contribution < -0.4 is 11.1 Å². The number of primary amides is 1. The predicted molar refractivity (Wildman–Crippen MR) is 167 cm³/mol. The highest BCUT2D eigenvalue weighted by atomic mass is 79.9. The zero-order valence-electron chi connectivity index (χ0n) is 24.3. The first kappa shape index (κ1) is 29.7. The molecular weight excluding hydrogens is 596 g/mol. The number of halogens is 1. The Kier molecular flexibility index (Phi) is 9.23. The van der Waals surface area contributed by atoms with Crippen LogP contribution in [0.3, 0.4) is 0 Å². The lowest BCUT2D eigenvalue weighted by Gasteiger charge is -2.29. The van der Waals surface area contributed by atoms with Crippen molar-refractivity contribution in [3.8, 4) is 0 Å². The Morgan fingerprint density at radius 3 is 2.60 bits per heavy atom. The SMILES string of the molecule is CCc1nc2c(cnn2CC)c(NC2CCOCC2)c1CN(Cc1cc(Br)ccc1C)C(=O)c1cccc(C(N)=O)c1. The van der Waals surface area contributed by atoms with E-state index in [1.165, 1.54) is 0 Å². The highest BCUT2D eigenvalue weighted by Gasteiger charge is 2.26. The third-order valence-corrected chi connectivity index (χ3v) is 8.37. The third kappa shape index (κ3) is 6.34. The molecule has 0 radical (unpaired) electrons. The Bertz CT molecular complexity index is 1610. The van der Waals surface area contributed by atoms with Gasteiger partial charge in [-0.15, -0.1) is 0 Å². The Morgan fingerprint density at radius 1 is 1.12 bits per heavy atom. The van der Waals surface area contributed by atoms with E-state index in [-0.39, 0.29) is 11.9 Å². The minimum atomic E-state index is -0.571. The molecular formula is C32H37BrN6O3. The van der Waals surface area contributed by atoms with Crippen molar-refractivity contribution in [2.45, 2.75) is 65.7 Å². The number of carbonyl (C=O) groups is 2. The monoisotopic (exact) mass is 632 g/mol. The van der Waals surface area contributed by atoms with Gasteiger partial charge in [-0.3, -0.25) is 9.59 Å². The average molecular weight is 634 g/mol. The molecule has 42 heavy (non-hydrogen) atoms. The summed E-state index contributed by atoms with van der Waals surface area (Å²) in [6, 6.07) is 12.9. The Balaban J connectivity index is 1.63. The van der Waals surface area contributed by atoms with E-state index < -0.39 is 5.91 Å². The molecule has 0 saturated carbocycles. The van der Waals surface area contributed by atoms with E-state index in [2.05, 4.69) is 40.2 Å². The van der Waals surface area contributed by atoms with Gasteiger partial charge in [-0.1, -0.05) is 35.0 Å². The maximum absolute atomic E-state index is 14.2. The largest absolute Gasteiger partial charge is 0.381 e. The number of ether oxygens (including phenoxy) is 1. The van der Waals surface area contributed by atoms with E-state index in [9.17, 15) is 9.59 Å². The number of nitrogens with two attached hydrogens (primary N) is 1. The van der Waals surface area contributed by atoms with Crippen molar-refractivity contribution in [3.05, 3.63) is 86.6 Å². The van der Waals surface area contributed by atoms with Crippen molar-refractivity contribution in [1.82, 2.24) is 19.7 Å². The fraction of sp³-hybridized carbons (Fsp3) is 0.375. The van der Waals surface area contributed by atoms with Gasteiger partial charge in [0.1, 0.15) is 0 Å². The number of hydrogen-bond acceptors (Lipinski definition) is 6. The van der Waals surface area contributed by atoms with Gasteiger partial charge >= 0.3 is 0 Å². The molecule has 9 nitrogen and oxygen atoms in total. The summed E-state index contributed by atoms with van der Waals surface area (Å²) in [7, 11) is 0. The zero-order valence-corrected chi connectivity index (χ0v) is 25.9. The van der Waals surface area contributed by atoms with Crippen LogP contribution in [-0.2, 0) is 30.8 Å². The Hall–Kier alpha value is -3.76. The van der Waals surface area contributed by atoms with Gasteiger partial charge in [0.15, 0.2) is 5.65 Å². The fourth-order valence-electron chi connectivity index (χ4n) is 5.47. The first-order chi connectivity index (χ1) is 20.3. The molecule has 2 aromatic carbocycles. The number of fused-ring (bicyclic) bond motifs is 1. The van der Waals surface area contributed by atoms with Crippen LogP contribution in [0.5, 0.6) is 0 Å². The van der Waals surface area contributed by atoms with Gasteiger partial charge < -0.3 is 20.7 Å². The van der Waals surface area contributed by atoms with Crippen molar-refractivity contribution >= 4 is 44.5 Å². The molecule has 5 rings (SSSR count). The van der Waals surface area contributed by atoms with Crippen molar-refractivity contribution in [1.29, 1.82) is 0 Å². The highest BCUT2D eigenvalue weighted by molar-refractivity contribution is 9.10. The number of benzene rings is 2. The van der Waals surface area contributed by atoms with Crippen LogP contribution in [0.1, 0.15) is 69.8 Å². The van der Waals surface area contributed by atoms with Gasteiger partial charge in [0.05, 0.1) is 23.8 Å². The van der Waals surface area contributed by atoms with E-state index >= 15 is 0 Å². The summed E-state index contributed by atoms with van der Waals surface area (Å²) in [5.41, 5.74) is 12.1. The minimum absolute atomic E-state index is 0.194. The zero-order chi connectivity index (χ0) is 29.8. The number of rotatable bonds is 10. The van der Waals surface area contributed by atoms with Crippen LogP contribution in [0.15, 0.2) is 53.1 Å². The summed E-state index contributed by atoms with van der Waals surface area (Å²) >= 11 is 3.59. The molecule has 3 heterocycles. The second-order valence-electron chi connectivity index (χ2n) is 10.7. The van der Waals surface area contributed by atoms with Gasteiger partial charge in [-0.05, 0) is 74.6 Å². The van der Waals surface area contributed by atoms with Crippen molar-refractivity contribution in [2.75, 3.05) is 18.5 Å². The molecule has 0 unspecified atom stereocenters. The molecule has 1 saturated heterocycles. The van der Waals surface area contributed by atoms with Crippen LogP contribution >= 0.6 is 15.9 Å². The maximum Gasteiger partial charge on any atom is 0.254 e. The van der Waals surface area contributed by atoms with Crippen LogP contribution in [0, 0.1) is 6.92 Å². The van der Waals surface area contributed by atoms with E-state index in [0.29, 0.717) is 50.4 Å². The van der Waals surface area contributed by atoms with Gasteiger partial charge in [-0.25, -0.2) is 9.67 Å². The Morgan fingerprint density at radius 2 is 1.88 bits per heavy atom. The number of pyridine rings is 1. The van der Waals surface area contributed by atoms with E-state index in [0.717, 1.165) is 56.4 Å². The number of nitrogens with one attached hydrogen (secondary N) is 1. The lowest BCUT2D eigenvalue weighted by molar-refractivity contribution is 0.0729. The minimum Gasteiger partial charge on any atom is -0.381 e. The summed E-state index contributed by atoms with van der Waals surface area (Å²) in [5, 5.41) is 9.38. The first-order valence-electron chi connectivity index (χ1n) is 14.4. The van der Waals surface area contributed by atoms with Gasteiger partial charge in [0.25, 0.3) is 5.91 Å². The fourth-order valence-corrected chi connectivity index (χ4v) is 5.88. The van der Waals surface area contributed by atoms with E-state index in [1.807, 2.05) is 40.9 Å². The third-order valence-electron chi connectivity index (χ3n) is 7.88. The molecule has 2 amide bonds. The summed E-state index contributed by atoms with van der Waals surface area (Å²) < 4.78 is 8.48. The van der Waals surface area contributed by atoms with Crippen molar-refractivity contribution < 1.29 is 14.3 Å². The molecule has 4 aromatic rings. The molecule has 3 N–H and O–H groups in total. The number of carbonyl (C=O) groups excluding carboxylic acids is 2. The maximum atomic E-state index is 14.2. The average Bonchev–Trinajstić information content (AvgIpc) is 3.42. The molecule has 0 atom stereocenters. The summed E-state index contributed by atoms with van der Waals surface area (Å²) in [4.78, 5) is 33.1. The number of anilines is 1. The number of aryl methyl sites for hydroxylation is 3. The summed E-state index contributed by atoms with van der Waals surface area (Å²) in [6.07, 6.45) is 4.36. The predicted octanol–water partition coefficient (Wildman–Crippen LogP) is 5.62. The molecule has 0 bridgehead atoms. The normalized spacial score (nSPS) is 13.8. The molecule has 0 aliphatic carbocycles. The second-order valence-corrected chi connectivity index (χ2v) is 11.6. The molecule has 0 spiro atoms. The number of nitrogens with zero attached hydrogens (tertiary/aromatic N) is 4. The number of hydrogen-bond donors (Lipinski definition) is 2. The lowest BCUT2D eigenvalue weighted by Crippen LogP contribution is -2.33. The van der Waals surface area contributed by atoms with Crippen molar-refractivity contribution in [3.63, 3.8) is 0 Å². The second kappa shape index (κ2) is 13.0. The summed E-state index contributed by atoms with van der Waals surface area (Å²) in [5.74, 6) is -0.765. The van der Waals surface area contributed by atoms with Gasteiger partial charge in [0.2, 0.25) is 5.91 Å². The van der Waals surface area contributed by atoms with Crippen LogP contribution in [-0.4, -0.2) is 50.7 Å². The van der Waals surface area contributed by atoms with Crippen LogP contribution in [0.25, 0.3) is 11.0 Å². The van der Waals surface area contributed by atoms with Gasteiger partial charge in [0, 0.05) is 59.2 Å². The highest BCUT2D eigenvalue weighted by Crippen LogP contribution is 2.33. The number of aromatic nitrogens is 3. The van der Waals surface area contributed by atoms with Crippen LogP contribution in [0.4, 0.5) is 5.69 Å². The van der Waals surface area contributed by atoms with Crippen molar-refractivity contribution in [2.24, 2.45) is 5.73 Å². The quantitative estimate of drug-likeness (QED) is 0.235.